The van der Waals surface area contributed by atoms with Crippen LogP contribution in [-0.4, -0.2) is 18.7 Å². The fraction of sp³-hybridized carbons (Fsp3) is 0.250. The van der Waals surface area contributed by atoms with Gasteiger partial charge in [-0.05, 0) is 17.5 Å². The molecule has 0 bridgehead atoms. The Balaban J connectivity index is 2.19. The van der Waals surface area contributed by atoms with E-state index in [2.05, 4.69) is 29.3 Å². The number of benzene rings is 2. The fourth-order valence-electron chi connectivity index (χ4n) is 2.52. The van der Waals surface area contributed by atoms with E-state index in [1.165, 1.54) is 0 Å². The molecule has 0 radical (unpaired) electrons. The van der Waals surface area contributed by atoms with Crippen molar-refractivity contribution in [1.82, 2.24) is 0 Å². The molecule has 0 aromatic heterocycles. The molecule has 4 heteroatoms. The van der Waals surface area contributed by atoms with Crippen molar-refractivity contribution in [2.45, 2.75) is 13.3 Å². The summed E-state index contributed by atoms with van der Waals surface area (Å²) in [5, 5.41) is 10.6. The molecule has 1 unspecified atom stereocenters. The van der Waals surface area contributed by atoms with Gasteiger partial charge in [0.2, 0.25) is 0 Å². The van der Waals surface area contributed by atoms with Crippen LogP contribution in [0.15, 0.2) is 46.6 Å². The van der Waals surface area contributed by atoms with Gasteiger partial charge in [0.1, 0.15) is 11.6 Å². The summed E-state index contributed by atoms with van der Waals surface area (Å²) >= 11 is 0. The van der Waals surface area contributed by atoms with Crippen LogP contribution >= 0.6 is 0 Å². The molecule has 3 rings (SSSR count). The second-order valence-electron chi connectivity index (χ2n) is 5.04. The third kappa shape index (κ3) is 2.03. The first-order valence-electron chi connectivity index (χ1n) is 6.66. The fourth-order valence-corrected chi connectivity index (χ4v) is 2.52. The molecule has 0 spiro atoms. The summed E-state index contributed by atoms with van der Waals surface area (Å²) in [6.07, 6.45) is 0.811. The zero-order valence-corrected chi connectivity index (χ0v) is 11.6. The Labute approximate surface area is 118 Å². The van der Waals surface area contributed by atoms with Crippen LogP contribution in [0.3, 0.4) is 0 Å². The Hall–Kier alpha value is -2.36. The van der Waals surface area contributed by atoms with Gasteiger partial charge in [0.15, 0.2) is 0 Å². The molecule has 2 aromatic rings. The van der Waals surface area contributed by atoms with E-state index in [4.69, 9.17) is 10.5 Å². The van der Waals surface area contributed by atoms with E-state index in [1.54, 1.807) is 7.11 Å². The van der Waals surface area contributed by atoms with Crippen LogP contribution in [0, 0.1) is 5.92 Å². The summed E-state index contributed by atoms with van der Waals surface area (Å²) in [6, 6.07) is 12.2. The molecular formula is C16H17N3O. The van der Waals surface area contributed by atoms with Gasteiger partial charge in [-0.2, -0.15) is 5.10 Å². The molecule has 1 heterocycles. The van der Waals surface area contributed by atoms with Crippen molar-refractivity contribution in [3.05, 3.63) is 42.0 Å². The third-order valence-electron chi connectivity index (χ3n) is 3.71. The second kappa shape index (κ2) is 4.96. The Morgan fingerprint density at radius 2 is 1.85 bits per heavy atom. The van der Waals surface area contributed by atoms with Crippen molar-refractivity contribution < 1.29 is 4.74 Å². The third-order valence-corrected chi connectivity index (χ3v) is 3.71. The Kier molecular flexibility index (Phi) is 3.14. The van der Waals surface area contributed by atoms with Gasteiger partial charge in [-0.15, -0.1) is 5.10 Å². The van der Waals surface area contributed by atoms with E-state index in [0.29, 0.717) is 5.84 Å². The molecular weight excluding hydrogens is 250 g/mol. The molecule has 0 amide bonds. The molecule has 102 valence electrons. The van der Waals surface area contributed by atoms with E-state index in [0.717, 1.165) is 34.2 Å². The normalized spacial score (nSPS) is 18.6. The lowest BCUT2D eigenvalue weighted by Crippen LogP contribution is -2.26. The lowest BCUT2D eigenvalue weighted by molar-refractivity contribution is 0.420. The summed E-state index contributed by atoms with van der Waals surface area (Å²) in [5.41, 5.74) is 7.88. The summed E-state index contributed by atoms with van der Waals surface area (Å²) < 4.78 is 5.42. The van der Waals surface area contributed by atoms with Crippen molar-refractivity contribution in [3.63, 3.8) is 0 Å². The Morgan fingerprint density at radius 3 is 2.55 bits per heavy atom. The van der Waals surface area contributed by atoms with Crippen LogP contribution in [0.4, 0.5) is 0 Å². The maximum atomic E-state index is 5.80. The minimum atomic E-state index is 0.225. The van der Waals surface area contributed by atoms with Gasteiger partial charge < -0.3 is 10.5 Å². The largest absolute Gasteiger partial charge is 0.496 e. The zero-order chi connectivity index (χ0) is 14.1. The lowest BCUT2D eigenvalue weighted by Gasteiger charge is -2.18. The number of hydrogen-bond acceptors (Lipinski definition) is 4. The molecule has 0 aliphatic carbocycles. The number of rotatable bonds is 2. The van der Waals surface area contributed by atoms with Gasteiger partial charge in [-0.25, -0.2) is 0 Å². The Morgan fingerprint density at radius 1 is 1.10 bits per heavy atom. The van der Waals surface area contributed by atoms with Crippen LogP contribution in [-0.2, 0) is 0 Å². The van der Waals surface area contributed by atoms with Gasteiger partial charge >= 0.3 is 0 Å². The van der Waals surface area contributed by atoms with Crippen LogP contribution < -0.4 is 10.5 Å². The van der Waals surface area contributed by atoms with E-state index in [-0.39, 0.29) is 5.92 Å². The molecule has 2 aromatic carbocycles. The number of amidine groups is 1. The summed E-state index contributed by atoms with van der Waals surface area (Å²) in [5.74, 6) is 1.70. The van der Waals surface area contributed by atoms with Gasteiger partial charge in [-0.1, -0.05) is 31.2 Å². The summed E-state index contributed by atoms with van der Waals surface area (Å²) in [4.78, 5) is 0. The maximum Gasteiger partial charge on any atom is 0.126 e. The van der Waals surface area contributed by atoms with Crippen molar-refractivity contribution in [1.29, 1.82) is 0 Å². The van der Waals surface area contributed by atoms with Gasteiger partial charge in [0.05, 0.1) is 12.8 Å². The second-order valence-corrected chi connectivity index (χ2v) is 5.04. The lowest BCUT2D eigenvalue weighted by atomic mass is 9.93. The minimum Gasteiger partial charge on any atom is -0.496 e. The predicted molar refractivity (Wildman–Crippen MR) is 82.4 cm³/mol. The van der Waals surface area contributed by atoms with Crippen LogP contribution in [0.2, 0.25) is 0 Å². The minimum absolute atomic E-state index is 0.225. The van der Waals surface area contributed by atoms with E-state index >= 15 is 0 Å². The zero-order valence-electron chi connectivity index (χ0n) is 11.6. The van der Waals surface area contributed by atoms with Crippen molar-refractivity contribution in [2.75, 3.05) is 7.11 Å². The van der Waals surface area contributed by atoms with Crippen molar-refractivity contribution >= 4 is 22.3 Å². The first-order chi connectivity index (χ1) is 9.70. The number of nitrogens with zero attached hydrogens (tertiary/aromatic N) is 2. The summed E-state index contributed by atoms with van der Waals surface area (Å²) in [6.45, 7) is 2.07. The van der Waals surface area contributed by atoms with Gasteiger partial charge in [0, 0.05) is 23.3 Å². The van der Waals surface area contributed by atoms with Crippen molar-refractivity contribution in [2.24, 2.45) is 21.9 Å². The van der Waals surface area contributed by atoms with Crippen LogP contribution in [0.5, 0.6) is 5.75 Å². The highest BCUT2D eigenvalue weighted by molar-refractivity contribution is 6.13. The smallest absolute Gasteiger partial charge is 0.126 e. The number of nitrogens with two attached hydrogens (primary N) is 1. The molecule has 0 saturated heterocycles. The van der Waals surface area contributed by atoms with Gasteiger partial charge in [0.25, 0.3) is 0 Å². The number of ether oxygens (including phenoxy) is 1. The topological polar surface area (TPSA) is 60.0 Å². The maximum absolute atomic E-state index is 5.80. The van der Waals surface area contributed by atoms with Crippen molar-refractivity contribution in [3.8, 4) is 5.75 Å². The first-order valence-corrected chi connectivity index (χ1v) is 6.66. The van der Waals surface area contributed by atoms with E-state index in [9.17, 15) is 0 Å². The molecule has 0 fully saturated rings. The molecule has 2 N–H and O–H groups in total. The van der Waals surface area contributed by atoms with E-state index < -0.39 is 0 Å². The number of hydrogen-bond donors (Lipinski definition) is 1. The SMILES string of the molecule is COc1ccc(C2=NN=C(N)C(C)C2)c2ccccc12. The molecule has 0 saturated carbocycles. The molecule has 1 aliphatic rings. The monoisotopic (exact) mass is 267 g/mol. The highest BCUT2D eigenvalue weighted by atomic mass is 16.5. The molecule has 20 heavy (non-hydrogen) atoms. The average Bonchev–Trinajstić information content (AvgIpc) is 2.49. The van der Waals surface area contributed by atoms with E-state index in [1.807, 2.05) is 24.3 Å². The highest BCUT2D eigenvalue weighted by Gasteiger charge is 2.19. The number of methoxy groups -OCH3 is 1. The number of fused-ring (bicyclic) bond motifs is 1. The van der Waals surface area contributed by atoms with Crippen LogP contribution in [0.25, 0.3) is 10.8 Å². The van der Waals surface area contributed by atoms with Crippen LogP contribution in [0.1, 0.15) is 18.9 Å². The predicted octanol–water partition coefficient (Wildman–Crippen LogP) is 2.95. The summed E-state index contributed by atoms with van der Waals surface area (Å²) in [7, 11) is 1.69. The highest BCUT2D eigenvalue weighted by Crippen LogP contribution is 2.30. The molecule has 4 nitrogen and oxygen atoms in total. The first kappa shape index (κ1) is 12.7. The molecule has 1 aliphatic heterocycles. The molecule has 1 atom stereocenters. The quantitative estimate of drug-likeness (QED) is 0.909. The standard InChI is InChI=1S/C16H17N3O/c1-10-9-14(18-19-16(10)17)12-7-8-15(20-2)13-6-4-3-5-11(12)13/h3-8,10H,9H2,1-2H3,(H2,17,19). The average molecular weight is 267 g/mol. The Bertz CT molecular complexity index is 719. The van der Waals surface area contributed by atoms with Gasteiger partial charge in [-0.3, -0.25) is 0 Å².